The van der Waals surface area contributed by atoms with Crippen LogP contribution in [0, 0.1) is 11.3 Å². The van der Waals surface area contributed by atoms with Crippen molar-refractivity contribution in [2.75, 3.05) is 12.4 Å². The van der Waals surface area contributed by atoms with Crippen LogP contribution >= 0.6 is 11.6 Å². The molecule has 1 unspecified atom stereocenters. The average Bonchev–Trinajstić information content (AvgIpc) is 2.35. The minimum atomic E-state index is -0.481. The first-order valence-electron chi connectivity index (χ1n) is 5.16. The van der Waals surface area contributed by atoms with E-state index in [2.05, 4.69) is 10.1 Å². The standard InChI is InChI=1S/C12H13ClN2O2/c1-3-10(12(16)17-2)15-11-6-9(13)5-4-8(11)7-14/h4-6,10,15H,3H2,1-2H3. The highest BCUT2D eigenvalue weighted by atomic mass is 35.5. The molecule has 0 aliphatic heterocycles. The van der Waals surface area contributed by atoms with Crippen molar-refractivity contribution < 1.29 is 9.53 Å². The van der Waals surface area contributed by atoms with Crippen LogP contribution in [0.4, 0.5) is 5.69 Å². The Labute approximate surface area is 105 Å². The number of esters is 1. The van der Waals surface area contributed by atoms with E-state index >= 15 is 0 Å². The molecule has 0 amide bonds. The predicted molar refractivity (Wildman–Crippen MR) is 65.9 cm³/mol. The number of methoxy groups -OCH3 is 1. The Bertz CT molecular complexity index is 454. The largest absolute Gasteiger partial charge is 0.467 e. The Hall–Kier alpha value is -1.73. The summed E-state index contributed by atoms with van der Waals surface area (Å²) in [6, 6.07) is 6.41. The van der Waals surface area contributed by atoms with Crippen molar-refractivity contribution in [3.05, 3.63) is 28.8 Å². The molecule has 0 spiro atoms. The molecule has 0 bridgehead atoms. The molecule has 90 valence electrons. The molecule has 1 atom stereocenters. The van der Waals surface area contributed by atoms with Gasteiger partial charge >= 0.3 is 5.97 Å². The van der Waals surface area contributed by atoms with Gasteiger partial charge in [0.05, 0.1) is 18.4 Å². The van der Waals surface area contributed by atoms with Crippen LogP contribution in [0.25, 0.3) is 0 Å². The third-order valence-corrected chi connectivity index (χ3v) is 2.56. The minimum absolute atomic E-state index is 0.364. The van der Waals surface area contributed by atoms with E-state index in [0.717, 1.165) is 0 Å². The van der Waals surface area contributed by atoms with Crippen molar-refractivity contribution in [3.8, 4) is 6.07 Å². The zero-order valence-corrected chi connectivity index (χ0v) is 10.4. The molecule has 0 saturated heterocycles. The Balaban J connectivity index is 2.97. The second-order valence-corrected chi connectivity index (χ2v) is 3.87. The van der Waals surface area contributed by atoms with Gasteiger partial charge in [-0.15, -0.1) is 0 Å². The van der Waals surface area contributed by atoms with Crippen molar-refractivity contribution in [2.45, 2.75) is 19.4 Å². The molecular weight excluding hydrogens is 240 g/mol. The summed E-state index contributed by atoms with van der Waals surface area (Å²) in [4.78, 5) is 11.4. The van der Waals surface area contributed by atoms with Crippen LogP contribution < -0.4 is 5.32 Å². The molecule has 1 aromatic carbocycles. The maximum absolute atomic E-state index is 11.4. The topological polar surface area (TPSA) is 62.1 Å². The van der Waals surface area contributed by atoms with Gasteiger partial charge in [0.2, 0.25) is 0 Å². The Kier molecular flexibility index (Phi) is 4.80. The van der Waals surface area contributed by atoms with Crippen molar-refractivity contribution in [1.29, 1.82) is 5.26 Å². The molecule has 0 aromatic heterocycles. The average molecular weight is 253 g/mol. The predicted octanol–water partition coefficient (Wildman–Crippen LogP) is 2.58. The van der Waals surface area contributed by atoms with Gasteiger partial charge in [0.1, 0.15) is 12.1 Å². The van der Waals surface area contributed by atoms with Crippen LogP contribution in [-0.4, -0.2) is 19.1 Å². The van der Waals surface area contributed by atoms with E-state index in [1.807, 2.05) is 13.0 Å². The lowest BCUT2D eigenvalue weighted by Gasteiger charge is -2.16. The number of nitrogens with zero attached hydrogens (tertiary/aromatic N) is 1. The summed E-state index contributed by atoms with van der Waals surface area (Å²) in [5, 5.41) is 12.4. The van der Waals surface area contributed by atoms with Crippen LogP contribution in [0.3, 0.4) is 0 Å². The monoisotopic (exact) mass is 252 g/mol. The van der Waals surface area contributed by atoms with Gasteiger partial charge in [-0.2, -0.15) is 5.26 Å². The number of anilines is 1. The third kappa shape index (κ3) is 3.36. The van der Waals surface area contributed by atoms with E-state index in [1.54, 1.807) is 18.2 Å². The Morgan fingerprint density at radius 2 is 2.35 bits per heavy atom. The van der Waals surface area contributed by atoms with Gasteiger partial charge in [0, 0.05) is 5.02 Å². The number of ether oxygens (including phenoxy) is 1. The first kappa shape index (κ1) is 13.3. The lowest BCUT2D eigenvalue weighted by molar-refractivity contribution is -0.141. The van der Waals surface area contributed by atoms with Crippen LogP contribution in [0.15, 0.2) is 18.2 Å². The molecule has 0 saturated carbocycles. The maximum atomic E-state index is 11.4. The van der Waals surface area contributed by atoms with Gasteiger partial charge in [-0.3, -0.25) is 0 Å². The zero-order valence-electron chi connectivity index (χ0n) is 9.66. The highest BCUT2D eigenvalue weighted by Crippen LogP contribution is 2.21. The fourth-order valence-corrected chi connectivity index (χ4v) is 1.56. The van der Waals surface area contributed by atoms with Gasteiger partial charge in [-0.1, -0.05) is 18.5 Å². The second-order valence-electron chi connectivity index (χ2n) is 3.43. The number of hydrogen-bond donors (Lipinski definition) is 1. The number of halogens is 1. The first-order chi connectivity index (χ1) is 8.12. The summed E-state index contributed by atoms with van der Waals surface area (Å²) < 4.78 is 4.66. The molecule has 1 rings (SSSR count). The summed E-state index contributed by atoms with van der Waals surface area (Å²) in [5.74, 6) is -0.364. The van der Waals surface area contributed by atoms with Crippen molar-refractivity contribution in [2.24, 2.45) is 0 Å². The molecule has 4 nitrogen and oxygen atoms in total. The van der Waals surface area contributed by atoms with Crippen LogP contribution in [0.1, 0.15) is 18.9 Å². The van der Waals surface area contributed by atoms with E-state index in [0.29, 0.717) is 22.7 Å². The van der Waals surface area contributed by atoms with Crippen LogP contribution in [0.2, 0.25) is 5.02 Å². The van der Waals surface area contributed by atoms with Crippen molar-refractivity contribution in [1.82, 2.24) is 0 Å². The SMILES string of the molecule is CCC(Nc1cc(Cl)ccc1C#N)C(=O)OC. The van der Waals surface area contributed by atoms with E-state index in [9.17, 15) is 4.79 Å². The van der Waals surface area contributed by atoms with E-state index in [4.69, 9.17) is 16.9 Å². The highest BCUT2D eigenvalue weighted by Gasteiger charge is 2.17. The molecular formula is C12H13ClN2O2. The third-order valence-electron chi connectivity index (χ3n) is 2.33. The summed E-state index contributed by atoms with van der Waals surface area (Å²) in [7, 11) is 1.33. The van der Waals surface area contributed by atoms with E-state index in [1.165, 1.54) is 7.11 Å². The van der Waals surface area contributed by atoms with Gasteiger partial charge in [0.15, 0.2) is 0 Å². The molecule has 1 aromatic rings. The van der Waals surface area contributed by atoms with Gasteiger partial charge < -0.3 is 10.1 Å². The molecule has 0 fully saturated rings. The van der Waals surface area contributed by atoms with Crippen molar-refractivity contribution in [3.63, 3.8) is 0 Å². The smallest absolute Gasteiger partial charge is 0.328 e. The quantitative estimate of drug-likeness (QED) is 0.837. The number of carbonyl (C=O) groups excluding carboxylic acids is 1. The number of carbonyl (C=O) groups is 1. The molecule has 0 aliphatic carbocycles. The van der Waals surface area contributed by atoms with E-state index < -0.39 is 6.04 Å². The van der Waals surface area contributed by atoms with Crippen LogP contribution in [-0.2, 0) is 9.53 Å². The van der Waals surface area contributed by atoms with Gasteiger partial charge in [-0.25, -0.2) is 4.79 Å². The van der Waals surface area contributed by atoms with Crippen molar-refractivity contribution >= 4 is 23.3 Å². The molecule has 0 heterocycles. The molecule has 0 radical (unpaired) electrons. The summed E-state index contributed by atoms with van der Waals surface area (Å²) in [6.45, 7) is 1.85. The minimum Gasteiger partial charge on any atom is -0.467 e. The van der Waals surface area contributed by atoms with Gasteiger partial charge in [-0.05, 0) is 24.6 Å². The number of benzene rings is 1. The van der Waals surface area contributed by atoms with Crippen LogP contribution in [0.5, 0.6) is 0 Å². The normalized spacial score (nSPS) is 11.4. The number of nitriles is 1. The number of nitrogens with one attached hydrogen (secondary N) is 1. The molecule has 17 heavy (non-hydrogen) atoms. The Morgan fingerprint density at radius 1 is 1.65 bits per heavy atom. The molecule has 0 aliphatic rings. The summed E-state index contributed by atoms with van der Waals surface area (Å²) in [5.41, 5.74) is 0.981. The lowest BCUT2D eigenvalue weighted by Crippen LogP contribution is -2.30. The highest BCUT2D eigenvalue weighted by molar-refractivity contribution is 6.30. The molecule has 1 N–H and O–H groups in total. The first-order valence-corrected chi connectivity index (χ1v) is 5.54. The second kappa shape index (κ2) is 6.12. The summed E-state index contributed by atoms with van der Waals surface area (Å²) in [6.07, 6.45) is 0.560. The van der Waals surface area contributed by atoms with E-state index in [-0.39, 0.29) is 5.97 Å². The number of hydrogen-bond acceptors (Lipinski definition) is 4. The maximum Gasteiger partial charge on any atom is 0.328 e. The summed E-state index contributed by atoms with van der Waals surface area (Å²) >= 11 is 5.85. The number of rotatable bonds is 4. The zero-order chi connectivity index (χ0) is 12.8. The lowest BCUT2D eigenvalue weighted by atomic mass is 10.1. The Morgan fingerprint density at radius 3 is 2.88 bits per heavy atom. The fourth-order valence-electron chi connectivity index (χ4n) is 1.39. The van der Waals surface area contributed by atoms with Gasteiger partial charge in [0.25, 0.3) is 0 Å². The molecule has 5 heteroatoms. The fraction of sp³-hybridized carbons (Fsp3) is 0.333.